The Bertz CT molecular complexity index is 552. The van der Waals surface area contributed by atoms with E-state index in [0.29, 0.717) is 38.8 Å². The molecule has 20 heavy (non-hydrogen) atoms. The quantitative estimate of drug-likeness (QED) is 0.806. The van der Waals surface area contributed by atoms with Gasteiger partial charge in [0.15, 0.2) is 0 Å². The third-order valence-electron chi connectivity index (χ3n) is 4.13. The van der Waals surface area contributed by atoms with Gasteiger partial charge in [-0.1, -0.05) is 0 Å². The van der Waals surface area contributed by atoms with Crippen LogP contribution in [0.2, 0.25) is 0 Å². The molecule has 2 aliphatic heterocycles. The summed E-state index contributed by atoms with van der Waals surface area (Å²) in [6.07, 6.45) is 2.48. The Morgan fingerprint density at radius 3 is 3.25 bits per heavy atom. The summed E-state index contributed by atoms with van der Waals surface area (Å²) >= 11 is 0. The van der Waals surface area contributed by atoms with E-state index in [1.165, 1.54) is 6.20 Å². The minimum absolute atomic E-state index is 0.105. The van der Waals surface area contributed by atoms with E-state index in [9.17, 15) is 9.59 Å². The van der Waals surface area contributed by atoms with Gasteiger partial charge in [0, 0.05) is 37.7 Å². The number of hydrogen-bond acceptors (Lipinski definition) is 5. The maximum Gasteiger partial charge on any atom is 0.273 e. The number of ether oxygens (including phenoxy) is 2. The second kappa shape index (κ2) is 4.99. The van der Waals surface area contributed by atoms with Gasteiger partial charge >= 0.3 is 0 Å². The number of carbonyl (C=O) groups excluding carboxylic acids is 1. The number of aromatic amines is 1. The average Bonchev–Trinajstić information content (AvgIpc) is 2.96. The molecule has 2 fully saturated rings. The lowest BCUT2D eigenvalue weighted by Gasteiger charge is -2.25. The van der Waals surface area contributed by atoms with E-state index in [0.717, 1.165) is 6.20 Å². The van der Waals surface area contributed by atoms with Gasteiger partial charge in [0.25, 0.3) is 11.5 Å². The van der Waals surface area contributed by atoms with E-state index < -0.39 is 0 Å². The summed E-state index contributed by atoms with van der Waals surface area (Å²) in [5.74, 6) is 0.139. The number of nitrogens with zero attached hydrogens (tertiary/aromatic N) is 2. The Balaban J connectivity index is 1.78. The fraction of sp³-hybridized carbons (Fsp3) is 0.615. The fourth-order valence-corrected chi connectivity index (χ4v) is 3.10. The number of likely N-dealkylation sites (tertiary alicyclic amines) is 1. The van der Waals surface area contributed by atoms with E-state index in [2.05, 4.69) is 9.97 Å². The van der Waals surface area contributed by atoms with Gasteiger partial charge < -0.3 is 19.4 Å². The van der Waals surface area contributed by atoms with Crippen molar-refractivity contribution in [3.8, 4) is 0 Å². The molecule has 7 nitrogen and oxygen atoms in total. The molecule has 0 aliphatic carbocycles. The first-order valence-corrected chi connectivity index (χ1v) is 6.55. The molecule has 1 N–H and O–H groups in total. The summed E-state index contributed by atoms with van der Waals surface area (Å²) in [5, 5.41) is 0. The van der Waals surface area contributed by atoms with Crippen molar-refractivity contribution in [3.63, 3.8) is 0 Å². The van der Waals surface area contributed by atoms with E-state index in [4.69, 9.17) is 9.47 Å². The predicted molar refractivity (Wildman–Crippen MR) is 69.4 cm³/mol. The highest BCUT2D eigenvalue weighted by atomic mass is 16.5. The van der Waals surface area contributed by atoms with Gasteiger partial charge in [-0.3, -0.25) is 9.59 Å². The largest absolute Gasteiger partial charge is 0.384 e. The minimum atomic E-state index is -0.316. The SMILES string of the molecule is COC[C@@]12COC[C@@H]1CN(C(=O)c1c[nH]c(=O)cn1)C2. The number of rotatable bonds is 3. The number of hydrogen-bond donors (Lipinski definition) is 1. The first-order valence-electron chi connectivity index (χ1n) is 6.55. The molecule has 0 spiro atoms. The van der Waals surface area contributed by atoms with Gasteiger partial charge in [-0.15, -0.1) is 0 Å². The van der Waals surface area contributed by atoms with Crippen molar-refractivity contribution in [1.29, 1.82) is 0 Å². The van der Waals surface area contributed by atoms with Crippen LogP contribution in [0.25, 0.3) is 0 Å². The molecule has 0 unspecified atom stereocenters. The van der Waals surface area contributed by atoms with Crippen LogP contribution in [0.1, 0.15) is 10.5 Å². The third kappa shape index (κ3) is 2.12. The molecule has 3 rings (SSSR count). The Hall–Kier alpha value is -1.73. The number of carbonyl (C=O) groups is 1. The summed E-state index contributed by atoms with van der Waals surface area (Å²) in [6.45, 7) is 3.11. The van der Waals surface area contributed by atoms with Crippen molar-refractivity contribution in [1.82, 2.24) is 14.9 Å². The minimum Gasteiger partial charge on any atom is -0.384 e. The fourth-order valence-electron chi connectivity index (χ4n) is 3.10. The van der Waals surface area contributed by atoms with Crippen LogP contribution in [0.4, 0.5) is 0 Å². The normalized spacial score (nSPS) is 28.6. The van der Waals surface area contributed by atoms with Gasteiger partial charge in [0.1, 0.15) is 5.69 Å². The molecule has 1 amide bonds. The highest BCUT2D eigenvalue weighted by Gasteiger charge is 2.52. The van der Waals surface area contributed by atoms with Gasteiger partial charge in [0.2, 0.25) is 0 Å². The number of amides is 1. The number of H-pyrrole nitrogens is 1. The van der Waals surface area contributed by atoms with Crippen LogP contribution >= 0.6 is 0 Å². The van der Waals surface area contributed by atoms with E-state index >= 15 is 0 Å². The molecular weight excluding hydrogens is 262 g/mol. The van der Waals surface area contributed by atoms with Crippen LogP contribution < -0.4 is 5.56 Å². The highest BCUT2D eigenvalue weighted by molar-refractivity contribution is 5.92. The molecule has 2 aliphatic rings. The van der Waals surface area contributed by atoms with E-state index in [1.807, 2.05) is 0 Å². The van der Waals surface area contributed by atoms with E-state index in [-0.39, 0.29) is 22.6 Å². The Morgan fingerprint density at radius 1 is 1.70 bits per heavy atom. The van der Waals surface area contributed by atoms with Crippen LogP contribution in [0.3, 0.4) is 0 Å². The molecule has 2 saturated heterocycles. The Morgan fingerprint density at radius 2 is 2.55 bits per heavy atom. The van der Waals surface area contributed by atoms with Crippen LogP contribution in [0, 0.1) is 11.3 Å². The molecule has 108 valence electrons. The maximum atomic E-state index is 12.4. The summed E-state index contributed by atoms with van der Waals surface area (Å²) in [5.41, 5.74) is -0.158. The van der Waals surface area contributed by atoms with Crippen LogP contribution in [0.15, 0.2) is 17.2 Å². The molecular formula is C13H17N3O4. The van der Waals surface area contributed by atoms with Crippen LogP contribution in [0.5, 0.6) is 0 Å². The molecule has 3 heterocycles. The van der Waals surface area contributed by atoms with Gasteiger partial charge in [0.05, 0.1) is 26.0 Å². The van der Waals surface area contributed by atoms with Crippen molar-refractivity contribution in [3.05, 3.63) is 28.4 Å². The molecule has 0 bridgehead atoms. The monoisotopic (exact) mass is 279 g/mol. The van der Waals surface area contributed by atoms with Crippen molar-refractivity contribution in [2.24, 2.45) is 11.3 Å². The van der Waals surface area contributed by atoms with Crippen molar-refractivity contribution < 1.29 is 14.3 Å². The van der Waals surface area contributed by atoms with Crippen molar-refractivity contribution >= 4 is 5.91 Å². The smallest absolute Gasteiger partial charge is 0.273 e. The molecule has 0 aromatic carbocycles. The summed E-state index contributed by atoms with van der Waals surface area (Å²) in [6, 6.07) is 0. The zero-order chi connectivity index (χ0) is 14.2. The predicted octanol–water partition coefficient (Wildman–Crippen LogP) is -0.495. The molecule has 1 aromatic heterocycles. The summed E-state index contributed by atoms with van der Waals surface area (Å²) in [4.78, 5) is 31.5. The first kappa shape index (κ1) is 13.3. The number of nitrogens with one attached hydrogen (secondary N) is 1. The summed E-state index contributed by atoms with van der Waals surface area (Å²) < 4.78 is 10.8. The van der Waals surface area contributed by atoms with Crippen LogP contribution in [-0.2, 0) is 9.47 Å². The lowest BCUT2D eigenvalue weighted by molar-refractivity contribution is 0.0486. The standard InChI is InChI=1S/C13H17N3O4/c1-19-7-13-6-16(4-9(13)5-20-8-13)12(18)10-2-15-11(17)3-14-10/h2-3,9H,4-8H2,1H3,(H,15,17)/t9-,13-/m0/s1. The lowest BCUT2D eigenvalue weighted by atomic mass is 9.82. The maximum absolute atomic E-state index is 12.4. The van der Waals surface area contributed by atoms with Crippen molar-refractivity contribution in [2.75, 3.05) is 40.0 Å². The zero-order valence-corrected chi connectivity index (χ0v) is 11.3. The number of fused-ring (bicyclic) bond motifs is 1. The van der Waals surface area contributed by atoms with Gasteiger partial charge in [-0.25, -0.2) is 4.98 Å². The second-order valence-corrected chi connectivity index (χ2v) is 5.49. The number of methoxy groups -OCH3 is 1. The second-order valence-electron chi connectivity index (χ2n) is 5.49. The van der Waals surface area contributed by atoms with Crippen molar-refractivity contribution in [2.45, 2.75) is 0 Å². The third-order valence-corrected chi connectivity index (χ3v) is 4.13. The Labute approximate surface area is 115 Å². The van der Waals surface area contributed by atoms with Crippen LogP contribution in [-0.4, -0.2) is 60.8 Å². The van der Waals surface area contributed by atoms with E-state index in [1.54, 1.807) is 12.0 Å². The van der Waals surface area contributed by atoms with Gasteiger partial charge in [-0.2, -0.15) is 0 Å². The highest BCUT2D eigenvalue weighted by Crippen LogP contribution is 2.41. The topological polar surface area (TPSA) is 84.5 Å². The molecule has 7 heteroatoms. The molecule has 1 aromatic rings. The zero-order valence-electron chi connectivity index (χ0n) is 11.3. The molecule has 0 saturated carbocycles. The first-order chi connectivity index (χ1) is 9.64. The summed E-state index contributed by atoms with van der Waals surface area (Å²) in [7, 11) is 1.66. The lowest BCUT2D eigenvalue weighted by Crippen LogP contribution is -2.37. The Kier molecular flexibility index (Phi) is 3.31. The molecule has 0 radical (unpaired) electrons. The van der Waals surface area contributed by atoms with Gasteiger partial charge in [-0.05, 0) is 0 Å². The average molecular weight is 279 g/mol. The number of aromatic nitrogens is 2. The molecule has 2 atom stereocenters.